The maximum absolute atomic E-state index is 5.95. The summed E-state index contributed by atoms with van der Waals surface area (Å²) in [5.74, 6) is 0. The third-order valence-electron chi connectivity index (χ3n) is 3.02. The van der Waals surface area contributed by atoms with Crippen molar-refractivity contribution in [1.82, 2.24) is 0 Å². The van der Waals surface area contributed by atoms with Crippen LogP contribution in [-0.2, 0) is 4.43 Å². The Balaban J connectivity index is 2.54. The SMILES string of the molecule is CO[Si](CBr)(c1ccccc1)c1ccccc1. The number of hydrogen-bond donors (Lipinski definition) is 0. The number of halogens is 1. The zero-order chi connectivity index (χ0) is 12.1. The zero-order valence-electron chi connectivity index (χ0n) is 9.77. The second-order valence-corrected chi connectivity index (χ2v) is 9.06. The Morgan fingerprint density at radius 3 is 1.59 bits per heavy atom. The molecule has 2 aromatic carbocycles. The molecule has 0 unspecified atom stereocenters. The van der Waals surface area contributed by atoms with E-state index in [9.17, 15) is 0 Å². The van der Waals surface area contributed by atoms with Crippen molar-refractivity contribution in [2.24, 2.45) is 0 Å². The zero-order valence-corrected chi connectivity index (χ0v) is 12.4. The van der Waals surface area contributed by atoms with Crippen molar-refractivity contribution in [2.45, 2.75) is 0 Å². The minimum Gasteiger partial charge on any atom is -0.410 e. The smallest absolute Gasteiger partial charge is 0.265 e. The van der Waals surface area contributed by atoms with Gasteiger partial charge in [0.25, 0.3) is 8.32 Å². The van der Waals surface area contributed by atoms with E-state index in [4.69, 9.17) is 4.43 Å². The average molecular weight is 307 g/mol. The Morgan fingerprint density at radius 2 is 1.29 bits per heavy atom. The monoisotopic (exact) mass is 306 g/mol. The van der Waals surface area contributed by atoms with E-state index in [0.29, 0.717) is 0 Å². The quantitative estimate of drug-likeness (QED) is 0.622. The molecule has 0 saturated heterocycles. The maximum Gasteiger partial charge on any atom is 0.265 e. The Kier molecular flexibility index (Phi) is 4.15. The van der Waals surface area contributed by atoms with Gasteiger partial charge < -0.3 is 4.43 Å². The number of alkyl halides is 1. The lowest BCUT2D eigenvalue weighted by atomic mass is 10.4. The van der Waals surface area contributed by atoms with Crippen molar-refractivity contribution in [3.63, 3.8) is 0 Å². The summed E-state index contributed by atoms with van der Waals surface area (Å²) in [6.45, 7) is 0. The van der Waals surface area contributed by atoms with Crippen LogP contribution in [0, 0.1) is 0 Å². The molecule has 0 N–H and O–H groups in total. The Bertz CT molecular complexity index is 413. The number of rotatable bonds is 4. The molecular formula is C14H15BrOSi. The van der Waals surface area contributed by atoms with Crippen LogP contribution >= 0.6 is 15.9 Å². The van der Waals surface area contributed by atoms with Gasteiger partial charge in [-0.3, -0.25) is 0 Å². The van der Waals surface area contributed by atoms with Crippen LogP contribution in [0.25, 0.3) is 0 Å². The summed E-state index contributed by atoms with van der Waals surface area (Å²) < 4.78 is 5.95. The minimum atomic E-state index is -2.08. The lowest BCUT2D eigenvalue weighted by Gasteiger charge is -2.28. The molecule has 0 amide bonds. The van der Waals surface area contributed by atoms with Gasteiger partial charge in [-0.05, 0) is 10.4 Å². The molecule has 0 aliphatic carbocycles. The van der Waals surface area contributed by atoms with Gasteiger partial charge in [-0.25, -0.2) is 0 Å². The van der Waals surface area contributed by atoms with Gasteiger partial charge in [-0.2, -0.15) is 0 Å². The number of hydrogen-bond acceptors (Lipinski definition) is 1. The molecule has 0 spiro atoms. The van der Waals surface area contributed by atoms with E-state index < -0.39 is 8.32 Å². The first-order chi connectivity index (χ1) is 8.33. The van der Waals surface area contributed by atoms with Crippen molar-refractivity contribution < 1.29 is 4.43 Å². The van der Waals surface area contributed by atoms with Crippen molar-refractivity contribution in [2.75, 3.05) is 12.1 Å². The third kappa shape index (κ3) is 2.36. The fraction of sp³-hybridized carbons (Fsp3) is 0.143. The normalized spacial score (nSPS) is 11.4. The second kappa shape index (κ2) is 5.62. The van der Waals surface area contributed by atoms with Crippen LogP contribution < -0.4 is 10.4 Å². The Morgan fingerprint density at radius 1 is 0.882 bits per heavy atom. The topological polar surface area (TPSA) is 9.23 Å². The summed E-state index contributed by atoms with van der Waals surface area (Å²) in [6, 6.07) is 21.0. The predicted octanol–water partition coefficient (Wildman–Crippen LogP) is 2.33. The van der Waals surface area contributed by atoms with Gasteiger partial charge >= 0.3 is 0 Å². The molecule has 88 valence electrons. The average Bonchev–Trinajstić information content (AvgIpc) is 2.43. The first kappa shape index (κ1) is 12.6. The standard InChI is InChI=1S/C14H15BrOSi/c1-16-17(12-15,13-8-4-2-5-9-13)14-10-6-3-7-11-14/h2-11H,12H2,1H3. The molecule has 0 aromatic heterocycles. The highest BCUT2D eigenvalue weighted by atomic mass is 79.9. The summed E-state index contributed by atoms with van der Waals surface area (Å²) in [5.41, 5.74) is 0. The molecule has 0 atom stereocenters. The lowest BCUT2D eigenvalue weighted by molar-refractivity contribution is 0.421. The molecule has 0 aliphatic heterocycles. The third-order valence-corrected chi connectivity index (χ3v) is 8.99. The molecule has 0 heterocycles. The molecule has 17 heavy (non-hydrogen) atoms. The first-order valence-corrected chi connectivity index (χ1v) is 8.79. The number of benzene rings is 2. The van der Waals surface area contributed by atoms with Crippen LogP contribution in [0.3, 0.4) is 0 Å². The molecule has 2 rings (SSSR count). The molecule has 1 nitrogen and oxygen atoms in total. The van der Waals surface area contributed by atoms with Gasteiger partial charge in [0.05, 0.1) is 0 Å². The van der Waals surface area contributed by atoms with E-state index in [1.165, 1.54) is 10.4 Å². The van der Waals surface area contributed by atoms with Crippen LogP contribution in [-0.4, -0.2) is 20.4 Å². The van der Waals surface area contributed by atoms with E-state index >= 15 is 0 Å². The highest BCUT2D eigenvalue weighted by Gasteiger charge is 2.37. The summed E-state index contributed by atoms with van der Waals surface area (Å²) in [4.78, 5) is 0.866. The summed E-state index contributed by atoms with van der Waals surface area (Å²) in [7, 11) is -0.266. The van der Waals surface area contributed by atoms with Gasteiger partial charge in [-0.15, -0.1) is 0 Å². The summed E-state index contributed by atoms with van der Waals surface area (Å²) in [5, 5.41) is 2.59. The van der Waals surface area contributed by atoms with Gasteiger partial charge in [0, 0.05) is 12.1 Å². The van der Waals surface area contributed by atoms with Crippen LogP contribution in [0.4, 0.5) is 0 Å². The van der Waals surface area contributed by atoms with E-state index in [1.807, 2.05) is 19.2 Å². The maximum atomic E-state index is 5.95. The van der Waals surface area contributed by atoms with Crippen LogP contribution in [0.2, 0.25) is 0 Å². The van der Waals surface area contributed by atoms with Crippen molar-refractivity contribution in [3.05, 3.63) is 60.7 Å². The highest BCUT2D eigenvalue weighted by Crippen LogP contribution is 2.09. The van der Waals surface area contributed by atoms with E-state index in [-0.39, 0.29) is 0 Å². The van der Waals surface area contributed by atoms with Gasteiger partial charge in [0.15, 0.2) is 0 Å². The Labute approximate surface area is 112 Å². The molecule has 0 aliphatic rings. The molecule has 0 fully saturated rings. The molecule has 2 aromatic rings. The second-order valence-electron chi connectivity index (χ2n) is 3.90. The molecule has 0 radical (unpaired) electrons. The molecule has 0 saturated carbocycles. The highest BCUT2D eigenvalue weighted by molar-refractivity contribution is 9.09. The first-order valence-electron chi connectivity index (χ1n) is 5.55. The van der Waals surface area contributed by atoms with Crippen molar-refractivity contribution in [3.8, 4) is 0 Å². The molecular weight excluding hydrogens is 292 g/mol. The van der Waals surface area contributed by atoms with Gasteiger partial charge in [0.1, 0.15) is 0 Å². The van der Waals surface area contributed by atoms with Crippen molar-refractivity contribution in [1.29, 1.82) is 0 Å². The fourth-order valence-corrected chi connectivity index (χ4v) is 7.34. The minimum absolute atomic E-state index is 0.866. The summed E-state index contributed by atoms with van der Waals surface area (Å²) >= 11 is 3.64. The molecule has 3 heteroatoms. The molecule has 0 bridgehead atoms. The van der Waals surface area contributed by atoms with E-state index in [2.05, 4.69) is 64.5 Å². The summed E-state index contributed by atoms with van der Waals surface area (Å²) in [6.07, 6.45) is 0. The fourth-order valence-electron chi connectivity index (χ4n) is 2.03. The largest absolute Gasteiger partial charge is 0.410 e. The van der Waals surface area contributed by atoms with Gasteiger partial charge in [-0.1, -0.05) is 76.6 Å². The predicted molar refractivity (Wildman–Crippen MR) is 78.7 cm³/mol. The van der Waals surface area contributed by atoms with E-state index in [0.717, 1.165) is 4.95 Å². The van der Waals surface area contributed by atoms with E-state index in [1.54, 1.807) is 0 Å². The van der Waals surface area contributed by atoms with Crippen LogP contribution in [0.1, 0.15) is 0 Å². The van der Waals surface area contributed by atoms with Crippen LogP contribution in [0.5, 0.6) is 0 Å². The Hall–Kier alpha value is -0.903. The van der Waals surface area contributed by atoms with Crippen LogP contribution in [0.15, 0.2) is 60.7 Å². The lowest BCUT2D eigenvalue weighted by Crippen LogP contribution is -2.62. The van der Waals surface area contributed by atoms with Crippen molar-refractivity contribution >= 4 is 34.6 Å². The van der Waals surface area contributed by atoms with Gasteiger partial charge in [0.2, 0.25) is 0 Å².